The van der Waals surface area contributed by atoms with Gasteiger partial charge in [-0.15, -0.1) is 0 Å². The van der Waals surface area contributed by atoms with Gasteiger partial charge in [-0.3, -0.25) is 0 Å². The van der Waals surface area contributed by atoms with E-state index in [1.807, 2.05) is 6.07 Å². The minimum atomic E-state index is 0.408. The van der Waals surface area contributed by atoms with Crippen molar-refractivity contribution >= 4 is 5.69 Å². The summed E-state index contributed by atoms with van der Waals surface area (Å²) in [6.07, 6.45) is 4.91. The number of nitrogens with zero attached hydrogens (tertiary/aromatic N) is 1. The zero-order valence-corrected chi connectivity index (χ0v) is 9.70. The maximum Gasteiger partial charge on any atom is 0.217 e. The third-order valence-corrected chi connectivity index (χ3v) is 3.28. The van der Waals surface area contributed by atoms with Gasteiger partial charge < -0.3 is 16.2 Å². The van der Waals surface area contributed by atoms with E-state index >= 15 is 0 Å². The van der Waals surface area contributed by atoms with Gasteiger partial charge >= 0.3 is 0 Å². The zero-order valence-electron chi connectivity index (χ0n) is 9.70. The third-order valence-electron chi connectivity index (χ3n) is 3.28. The van der Waals surface area contributed by atoms with Gasteiger partial charge in [-0.2, -0.15) is 0 Å². The number of pyridine rings is 1. The van der Waals surface area contributed by atoms with Crippen molar-refractivity contribution in [2.24, 2.45) is 5.73 Å². The molecule has 0 radical (unpaired) electrons. The summed E-state index contributed by atoms with van der Waals surface area (Å²) in [5, 5.41) is 0. The van der Waals surface area contributed by atoms with E-state index < -0.39 is 0 Å². The fourth-order valence-corrected chi connectivity index (χ4v) is 2.42. The van der Waals surface area contributed by atoms with Crippen molar-refractivity contribution in [3.63, 3.8) is 0 Å². The molecule has 16 heavy (non-hydrogen) atoms. The second-order valence-corrected chi connectivity index (χ2v) is 4.32. The zero-order chi connectivity index (χ0) is 11.5. The summed E-state index contributed by atoms with van der Waals surface area (Å²) >= 11 is 0. The second kappa shape index (κ2) is 4.70. The van der Waals surface area contributed by atoms with Gasteiger partial charge in [0.1, 0.15) is 0 Å². The Kier molecular flexibility index (Phi) is 3.29. The largest absolute Gasteiger partial charge is 0.481 e. The van der Waals surface area contributed by atoms with E-state index in [4.69, 9.17) is 16.2 Å². The van der Waals surface area contributed by atoms with Crippen LogP contribution in [0.3, 0.4) is 0 Å². The van der Waals surface area contributed by atoms with Crippen molar-refractivity contribution in [1.29, 1.82) is 0 Å². The summed E-state index contributed by atoms with van der Waals surface area (Å²) in [4.78, 5) is 4.52. The maximum absolute atomic E-state index is 6.03. The average molecular weight is 221 g/mol. The summed E-state index contributed by atoms with van der Waals surface area (Å²) in [5.74, 6) is 1.12. The average Bonchev–Trinajstić information content (AvgIpc) is 2.82. The van der Waals surface area contributed by atoms with E-state index in [0.717, 1.165) is 16.9 Å². The van der Waals surface area contributed by atoms with E-state index in [1.165, 1.54) is 25.7 Å². The van der Waals surface area contributed by atoms with Crippen molar-refractivity contribution in [3.8, 4) is 5.88 Å². The summed E-state index contributed by atoms with van der Waals surface area (Å²) in [6.45, 7) is 0.408. The van der Waals surface area contributed by atoms with E-state index in [1.54, 1.807) is 7.11 Å². The van der Waals surface area contributed by atoms with Crippen LogP contribution in [0.1, 0.15) is 42.9 Å². The first-order valence-electron chi connectivity index (χ1n) is 5.79. The molecule has 1 aliphatic carbocycles. The standard InChI is InChI=1S/C12H19N3O/c1-16-12-9(7-13)6-10(14)11(15-12)8-4-2-3-5-8/h6,8H,2-5,7,13-14H2,1H3. The molecule has 1 heterocycles. The van der Waals surface area contributed by atoms with Crippen molar-refractivity contribution in [2.75, 3.05) is 12.8 Å². The fraction of sp³-hybridized carbons (Fsp3) is 0.583. The van der Waals surface area contributed by atoms with Crippen LogP contribution in [0.2, 0.25) is 0 Å². The predicted octanol–water partition coefficient (Wildman–Crippen LogP) is 1.79. The molecule has 88 valence electrons. The lowest BCUT2D eigenvalue weighted by atomic mass is 10.0. The van der Waals surface area contributed by atoms with Crippen LogP contribution >= 0.6 is 0 Å². The first kappa shape index (κ1) is 11.2. The molecular formula is C12H19N3O. The molecule has 0 spiro atoms. The summed E-state index contributed by atoms with van der Waals surface area (Å²) < 4.78 is 5.24. The lowest BCUT2D eigenvalue weighted by Gasteiger charge is -2.15. The van der Waals surface area contributed by atoms with Crippen molar-refractivity contribution in [2.45, 2.75) is 38.1 Å². The monoisotopic (exact) mass is 221 g/mol. The first-order chi connectivity index (χ1) is 7.76. The van der Waals surface area contributed by atoms with E-state index in [2.05, 4.69) is 4.98 Å². The highest BCUT2D eigenvalue weighted by molar-refractivity contribution is 5.50. The fourth-order valence-electron chi connectivity index (χ4n) is 2.42. The molecule has 1 saturated carbocycles. The highest BCUT2D eigenvalue weighted by Crippen LogP contribution is 2.37. The van der Waals surface area contributed by atoms with Gasteiger partial charge in [0.25, 0.3) is 0 Å². The van der Waals surface area contributed by atoms with Gasteiger partial charge in [-0.1, -0.05) is 12.8 Å². The Bertz CT molecular complexity index is 373. The van der Waals surface area contributed by atoms with Crippen LogP contribution in [0, 0.1) is 0 Å². The van der Waals surface area contributed by atoms with Crippen molar-refractivity contribution < 1.29 is 4.74 Å². The van der Waals surface area contributed by atoms with Gasteiger partial charge in [0.05, 0.1) is 18.5 Å². The number of aromatic nitrogens is 1. The topological polar surface area (TPSA) is 74.2 Å². The molecule has 0 unspecified atom stereocenters. The van der Waals surface area contributed by atoms with E-state index in [0.29, 0.717) is 18.3 Å². The molecule has 0 amide bonds. The Morgan fingerprint density at radius 2 is 2.12 bits per heavy atom. The lowest BCUT2D eigenvalue weighted by Crippen LogP contribution is -2.08. The molecule has 4 N–H and O–H groups in total. The molecule has 0 aliphatic heterocycles. The number of hydrogen-bond acceptors (Lipinski definition) is 4. The minimum Gasteiger partial charge on any atom is -0.481 e. The van der Waals surface area contributed by atoms with Gasteiger partial charge in [0, 0.05) is 18.0 Å². The lowest BCUT2D eigenvalue weighted by molar-refractivity contribution is 0.390. The summed E-state index contributed by atoms with van der Waals surface area (Å²) in [5.41, 5.74) is 14.3. The van der Waals surface area contributed by atoms with Crippen LogP contribution in [0.4, 0.5) is 5.69 Å². The SMILES string of the molecule is COc1nc(C2CCCC2)c(N)cc1CN. The number of methoxy groups -OCH3 is 1. The summed E-state index contributed by atoms with van der Waals surface area (Å²) in [7, 11) is 1.62. The highest BCUT2D eigenvalue weighted by atomic mass is 16.5. The number of nitrogen functional groups attached to an aromatic ring is 1. The Morgan fingerprint density at radius 3 is 2.69 bits per heavy atom. The van der Waals surface area contributed by atoms with Crippen LogP contribution in [-0.2, 0) is 6.54 Å². The minimum absolute atomic E-state index is 0.408. The first-order valence-corrected chi connectivity index (χ1v) is 5.79. The smallest absolute Gasteiger partial charge is 0.217 e. The molecule has 4 heteroatoms. The molecule has 0 aromatic carbocycles. The Labute approximate surface area is 96.0 Å². The Morgan fingerprint density at radius 1 is 1.44 bits per heavy atom. The number of nitrogens with two attached hydrogens (primary N) is 2. The second-order valence-electron chi connectivity index (χ2n) is 4.32. The molecule has 0 atom stereocenters. The maximum atomic E-state index is 6.03. The Balaban J connectivity index is 2.37. The van der Waals surface area contributed by atoms with Crippen molar-refractivity contribution in [1.82, 2.24) is 4.98 Å². The van der Waals surface area contributed by atoms with Gasteiger partial charge in [-0.25, -0.2) is 4.98 Å². The van der Waals surface area contributed by atoms with Crippen LogP contribution in [0.15, 0.2) is 6.07 Å². The molecule has 1 aromatic rings. The Hall–Kier alpha value is -1.29. The van der Waals surface area contributed by atoms with Crippen LogP contribution in [0.5, 0.6) is 5.88 Å². The highest BCUT2D eigenvalue weighted by Gasteiger charge is 2.22. The van der Waals surface area contributed by atoms with Gasteiger partial charge in [0.2, 0.25) is 5.88 Å². The molecule has 0 saturated heterocycles. The number of rotatable bonds is 3. The molecule has 1 fully saturated rings. The quantitative estimate of drug-likeness (QED) is 0.816. The van der Waals surface area contributed by atoms with Crippen molar-refractivity contribution in [3.05, 3.63) is 17.3 Å². The van der Waals surface area contributed by atoms with Crippen LogP contribution in [-0.4, -0.2) is 12.1 Å². The van der Waals surface area contributed by atoms with Gasteiger partial charge in [0.15, 0.2) is 0 Å². The molecular weight excluding hydrogens is 202 g/mol. The number of anilines is 1. The van der Waals surface area contributed by atoms with Crippen LogP contribution in [0.25, 0.3) is 0 Å². The predicted molar refractivity (Wildman–Crippen MR) is 64.3 cm³/mol. The number of ether oxygens (including phenoxy) is 1. The van der Waals surface area contributed by atoms with E-state index in [-0.39, 0.29) is 0 Å². The van der Waals surface area contributed by atoms with Crippen LogP contribution < -0.4 is 16.2 Å². The molecule has 1 aliphatic rings. The molecule has 1 aromatic heterocycles. The summed E-state index contributed by atoms with van der Waals surface area (Å²) in [6, 6.07) is 1.90. The third kappa shape index (κ3) is 1.97. The normalized spacial score (nSPS) is 16.6. The van der Waals surface area contributed by atoms with E-state index in [9.17, 15) is 0 Å². The van der Waals surface area contributed by atoms with Gasteiger partial charge in [-0.05, 0) is 18.9 Å². The molecule has 2 rings (SSSR count). The number of hydrogen-bond donors (Lipinski definition) is 2. The molecule has 0 bridgehead atoms. The molecule has 4 nitrogen and oxygen atoms in total.